The molecule has 0 aromatic heterocycles. The highest BCUT2D eigenvalue weighted by Crippen LogP contribution is 2.34. The normalized spacial score (nSPS) is 10.7. The lowest BCUT2D eigenvalue weighted by atomic mass is 9.96. The fraction of sp³-hybridized carbons (Fsp3) is 0. The molecule has 2 N–H and O–H groups in total. The number of hydrogen-bond donors (Lipinski definition) is 2. The lowest BCUT2D eigenvalue weighted by Crippen LogP contribution is -2.04. The molecule has 0 saturated carbocycles. The molecule has 3 nitrogen and oxygen atoms in total. The fourth-order valence-corrected chi connectivity index (χ4v) is 2.89. The van der Waals surface area contributed by atoms with Gasteiger partial charge in [0.25, 0.3) is 0 Å². The predicted octanol–water partition coefficient (Wildman–Crippen LogP) is 4.24. The van der Waals surface area contributed by atoms with Crippen LogP contribution in [0.1, 0.15) is 15.9 Å². The van der Waals surface area contributed by atoms with E-state index in [0.717, 1.165) is 10.8 Å². The molecule has 3 rings (SSSR count). The lowest BCUT2D eigenvalue weighted by molar-refractivity contribution is 0.103. The number of ketones is 1. The minimum Gasteiger partial charge on any atom is -0.507 e. The van der Waals surface area contributed by atoms with Crippen LogP contribution in [-0.4, -0.2) is 16.0 Å². The summed E-state index contributed by atoms with van der Waals surface area (Å²) in [7, 11) is 0. The highest BCUT2D eigenvalue weighted by atomic mass is 79.9. The minimum absolute atomic E-state index is 0.0884. The predicted molar refractivity (Wildman–Crippen MR) is 84.9 cm³/mol. The monoisotopic (exact) mass is 342 g/mol. The van der Waals surface area contributed by atoms with Crippen LogP contribution in [0.4, 0.5) is 0 Å². The molecule has 0 spiro atoms. The van der Waals surface area contributed by atoms with Crippen LogP contribution in [0.3, 0.4) is 0 Å². The molecule has 0 radical (unpaired) electrons. The number of carbonyl (C=O) groups is 1. The number of hydrogen-bond acceptors (Lipinski definition) is 3. The van der Waals surface area contributed by atoms with Gasteiger partial charge in [0.05, 0.1) is 0 Å². The summed E-state index contributed by atoms with van der Waals surface area (Å²) in [6, 6.07) is 15.4. The summed E-state index contributed by atoms with van der Waals surface area (Å²) in [6.45, 7) is 0. The van der Waals surface area contributed by atoms with Crippen LogP contribution in [0.15, 0.2) is 59.1 Å². The van der Waals surface area contributed by atoms with E-state index in [1.807, 2.05) is 30.3 Å². The van der Waals surface area contributed by atoms with Gasteiger partial charge in [-0.3, -0.25) is 4.79 Å². The van der Waals surface area contributed by atoms with E-state index in [2.05, 4.69) is 15.9 Å². The topological polar surface area (TPSA) is 57.5 Å². The van der Waals surface area contributed by atoms with Crippen LogP contribution < -0.4 is 0 Å². The van der Waals surface area contributed by atoms with Crippen LogP contribution >= 0.6 is 15.9 Å². The van der Waals surface area contributed by atoms with Crippen molar-refractivity contribution in [1.29, 1.82) is 0 Å². The van der Waals surface area contributed by atoms with Gasteiger partial charge in [-0.2, -0.15) is 0 Å². The Morgan fingerprint density at radius 3 is 2.19 bits per heavy atom. The Labute approximate surface area is 129 Å². The third-order valence-corrected chi connectivity index (χ3v) is 4.01. The maximum Gasteiger partial charge on any atom is 0.202 e. The number of halogens is 1. The standard InChI is InChI=1S/C17H11BrO3/c18-12-9-8-10-4-1-2-5-11(10)15(12)17(21)16-13(19)6-3-7-14(16)20/h1-9,19-20H. The molecule has 0 bridgehead atoms. The van der Waals surface area contributed by atoms with E-state index in [9.17, 15) is 15.0 Å². The van der Waals surface area contributed by atoms with E-state index >= 15 is 0 Å². The van der Waals surface area contributed by atoms with E-state index in [0.29, 0.717) is 10.0 Å². The van der Waals surface area contributed by atoms with Gasteiger partial charge in [0.1, 0.15) is 17.1 Å². The highest BCUT2D eigenvalue weighted by Gasteiger charge is 2.22. The molecule has 0 saturated heterocycles. The van der Waals surface area contributed by atoms with Crippen molar-refractivity contribution in [2.45, 2.75) is 0 Å². The molecule has 0 fully saturated rings. The summed E-state index contributed by atoms with van der Waals surface area (Å²) in [5, 5.41) is 21.5. The molecule has 0 heterocycles. The van der Waals surface area contributed by atoms with Crippen LogP contribution in [0.2, 0.25) is 0 Å². The van der Waals surface area contributed by atoms with Crippen molar-refractivity contribution in [3.63, 3.8) is 0 Å². The second-order valence-electron chi connectivity index (χ2n) is 4.64. The Bertz CT molecular complexity index is 836. The first kappa shape index (κ1) is 13.6. The number of aromatic hydroxyl groups is 2. The summed E-state index contributed by atoms with van der Waals surface area (Å²) < 4.78 is 0.619. The van der Waals surface area contributed by atoms with Crippen molar-refractivity contribution in [3.8, 4) is 11.5 Å². The molecule has 104 valence electrons. The van der Waals surface area contributed by atoms with E-state index in [1.54, 1.807) is 6.07 Å². The Kier molecular flexibility index (Phi) is 3.39. The second-order valence-corrected chi connectivity index (χ2v) is 5.50. The third-order valence-electron chi connectivity index (χ3n) is 3.35. The first-order valence-electron chi connectivity index (χ1n) is 6.32. The fourth-order valence-electron chi connectivity index (χ4n) is 2.36. The Morgan fingerprint density at radius 2 is 1.48 bits per heavy atom. The van der Waals surface area contributed by atoms with Gasteiger partial charge in [0, 0.05) is 10.0 Å². The third kappa shape index (κ3) is 2.28. The summed E-state index contributed by atoms with van der Waals surface area (Å²) in [6.07, 6.45) is 0. The number of benzene rings is 3. The minimum atomic E-state index is -0.422. The number of phenolic OH excluding ortho intramolecular Hbond substituents is 2. The molecule has 0 amide bonds. The average molecular weight is 343 g/mol. The molecular formula is C17H11BrO3. The highest BCUT2D eigenvalue weighted by molar-refractivity contribution is 9.10. The smallest absolute Gasteiger partial charge is 0.202 e. The zero-order valence-corrected chi connectivity index (χ0v) is 12.5. The maximum atomic E-state index is 12.8. The molecule has 21 heavy (non-hydrogen) atoms. The van der Waals surface area contributed by atoms with Gasteiger partial charge in [0.2, 0.25) is 5.78 Å². The van der Waals surface area contributed by atoms with Crippen LogP contribution in [0.25, 0.3) is 10.8 Å². The number of fused-ring (bicyclic) bond motifs is 1. The summed E-state index contributed by atoms with van der Waals surface area (Å²) in [4.78, 5) is 12.8. The van der Waals surface area contributed by atoms with E-state index < -0.39 is 5.78 Å². The van der Waals surface area contributed by atoms with E-state index in [1.165, 1.54) is 18.2 Å². The van der Waals surface area contributed by atoms with Gasteiger partial charge in [-0.05, 0) is 29.0 Å². The first-order valence-corrected chi connectivity index (χ1v) is 7.12. The van der Waals surface area contributed by atoms with Gasteiger partial charge >= 0.3 is 0 Å². The summed E-state index contributed by atoms with van der Waals surface area (Å²) in [5.41, 5.74) is 0.333. The van der Waals surface area contributed by atoms with Crippen molar-refractivity contribution in [1.82, 2.24) is 0 Å². The molecule has 0 atom stereocenters. The quantitative estimate of drug-likeness (QED) is 0.684. The largest absolute Gasteiger partial charge is 0.507 e. The van der Waals surface area contributed by atoms with Crippen molar-refractivity contribution >= 4 is 32.5 Å². The van der Waals surface area contributed by atoms with Gasteiger partial charge in [-0.25, -0.2) is 0 Å². The van der Waals surface area contributed by atoms with Crippen molar-refractivity contribution in [3.05, 3.63) is 70.2 Å². The van der Waals surface area contributed by atoms with E-state index in [4.69, 9.17) is 0 Å². The second kappa shape index (κ2) is 5.22. The first-order chi connectivity index (χ1) is 10.1. The molecule has 0 aliphatic rings. The summed E-state index contributed by atoms with van der Waals surface area (Å²) >= 11 is 3.38. The zero-order chi connectivity index (χ0) is 15.0. The molecule has 3 aromatic carbocycles. The van der Waals surface area contributed by atoms with Gasteiger partial charge in [0.15, 0.2) is 0 Å². The molecule has 0 aliphatic heterocycles. The molecule has 0 unspecified atom stereocenters. The summed E-state index contributed by atoms with van der Waals surface area (Å²) in [5.74, 6) is -0.894. The van der Waals surface area contributed by atoms with E-state index in [-0.39, 0.29) is 17.1 Å². The van der Waals surface area contributed by atoms with Crippen LogP contribution in [-0.2, 0) is 0 Å². The number of phenols is 2. The number of carbonyl (C=O) groups excluding carboxylic acids is 1. The van der Waals surface area contributed by atoms with Crippen molar-refractivity contribution < 1.29 is 15.0 Å². The maximum absolute atomic E-state index is 12.8. The van der Waals surface area contributed by atoms with Crippen molar-refractivity contribution in [2.24, 2.45) is 0 Å². The molecule has 4 heteroatoms. The average Bonchev–Trinajstić information content (AvgIpc) is 2.46. The van der Waals surface area contributed by atoms with Crippen LogP contribution in [0, 0.1) is 0 Å². The number of rotatable bonds is 2. The van der Waals surface area contributed by atoms with Gasteiger partial charge < -0.3 is 10.2 Å². The van der Waals surface area contributed by atoms with Crippen molar-refractivity contribution in [2.75, 3.05) is 0 Å². The Balaban J connectivity index is 2.30. The van der Waals surface area contributed by atoms with Gasteiger partial charge in [-0.1, -0.05) is 52.3 Å². The molecule has 0 aliphatic carbocycles. The molecular weight excluding hydrogens is 332 g/mol. The molecule has 3 aromatic rings. The van der Waals surface area contributed by atoms with Crippen LogP contribution in [0.5, 0.6) is 11.5 Å². The zero-order valence-electron chi connectivity index (χ0n) is 10.9. The Morgan fingerprint density at radius 1 is 0.810 bits per heavy atom. The SMILES string of the molecule is O=C(c1c(O)cccc1O)c1c(Br)ccc2ccccc12. The Hall–Kier alpha value is -2.33. The van der Waals surface area contributed by atoms with Gasteiger partial charge in [-0.15, -0.1) is 0 Å². The lowest BCUT2D eigenvalue weighted by Gasteiger charge is -2.10.